The monoisotopic (exact) mass is 210 g/mol. The van der Waals surface area contributed by atoms with E-state index in [1.807, 2.05) is 0 Å². The second kappa shape index (κ2) is 2.44. The maximum atomic E-state index is 12.9. The van der Waals surface area contributed by atoms with E-state index in [0.29, 0.717) is 22.4 Å². The molecular weight excluding hydrogens is 202 g/mol. The summed E-state index contributed by atoms with van der Waals surface area (Å²) in [5.41, 5.74) is 6.87. The summed E-state index contributed by atoms with van der Waals surface area (Å²) in [6.45, 7) is 0. The Morgan fingerprint density at radius 2 is 2.27 bits per heavy atom. The molecule has 0 amide bonds. The van der Waals surface area contributed by atoms with Crippen molar-refractivity contribution in [1.82, 2.24) is 15.2 Å². The van der Waals surface area contributed by atoms with Gasteiger partial charge in [-0.3, -0.25) is 5.10 Å². The number of hydrogen-bond donors (Lipinski definition) is 2. The van der Waals surface area contributed by atoms with Gasteiger partial charge in [0, 0.05) is 11.8 Å². The van der Waals surface area contributed by atoms with E-state index in [-0.39, 0.29) is 6.42 Å². The molecule has 1 saturated carbocycles. The molecule has 0 spiro atoms. The van der Waals surface area contributed by atoms with E-state index in [2.05, 4.69) is 15.2 Å². The average Bonchev–Trinajstić information content (AvgIpc) is 2.64. The molecule has 15 heavy (non-hydrogen) atoms. The van der Waals surface area contributed by atoms with Crippen molar-refractivity contribution in [3.05, 3.63) is 18.0 Å². The minimum Gasteiger partial charge on any atom is -0.397 e. The number of aromatic amines is 1. The van der Waals surface area contributed by atoms with Crippen molar-refractivity contribution >= 4 is 16.7 Å². The second-order valence-electron chi connectivity index (χ2n) is 3.79. The Morgan fingerprint density at radius 1 is 1.53 bits per heavy atom. The number of alkyl halides is 2. The van der Waals surface area contributed by atoms with E-state index in [1.165, 1.54) is 6.20 Å². The summed E-state index contributed by atoms with van der Waals surface area (Å²) in [7, 11) is 0. The number of halogens is 2. The first-order chi connectivity index (χ1) is 7.08. The molecule has 3 N–H and O–H groups in total. The summed E-state index contributed by atoms with van der Waals surface area (Å²) in [5, 5.41) is 7.07. The van der Waals surface area contributed by atoms with Crippen LogP contribution in [0.4, 0.5) is 14.5 Å². The van der Waals surface area contributed by atoms with Gasteiger partial charge in [0.2, 0.25) is 0 Å². The predicted molar refractivity (Wildman–Crippen MR) is 50.6 cm³/mol. The fourth-order valence-electron chi connectivity index (χ4n) is 1.73. The van der Waals surface area contributed by atoms with Crippen LogP contribution >= 0.6 is 0 Å². The van der Waals surface area contributed by atoms with Gasteiger partial charge in [0.25, 0.3) is 5.92 Å². The molecule has 0 radical (unpaired) electrons. The zero-order chi connectivity index (χ0) is 10.6. The molecule has 1 fully saturated rings. The first kappa shape index (κ1) is 8.58. The van der Waals surface area contributed by atoms with Crippen molar-refractivity contribution in [3.63, 3.8) is 0 Å². The highest BCUT2D eigenvalue weighted by Crippen LogP contribution is 2.56. The number of nitrogen functional groups attached to an aromatic ring is 1. The van der Waals surface area contributed by atoms with Crippen LogP contribution < -0.4 is 5.73 Å². The van der Waals surface area contributed by atoms with Crippen LogP contribution in [0.2, 0.25) is 0 Å². The molecular formula is C9H8F2N4. The number of nitrogens with zero attached hydrogens (tertiary/aromatic N) is 2. The quantitative estimate of drug-likeness (QED) is 0.752. The Labute approximate surface area is 83.5 Å². The van der Waals surface area contributed by atoms with E-state index in [1.54, 1.807) is 6.07 Å². The SMILES string of the molecule is Nc1cnc2n[nH]c([C@@H]3CC3(F)F)c2c1. The number of fused-ring (bicyclic) bond motifs is 1. The van der Waals surface area contributed by atoms with Gasteiger partial charge >= 0.3 is 0 Å². The smallest absolute Gasteiger partial charge is 0.257 e. The molecule has 2 aromatic rings. The van der Waals surface area contributed by atoms with E-state index >= 15 is 0 Å². The summed E-state index contributed by atoms with van der Waals surface area (Å²) in [6, 6.07) is 1.62. The summed E-state index contributed by atoms with van der Waals surface area (Å²) in [5.74, 6) is -3.37. The number of hydrogen-bond acceptors (Lipinski definition) is 3. The van der Waals surface area contributed by atoms with Crippen molar-refractivity contribution in [1.29, 1.82) is 0 Å². The zero-order valence-electron chi connectivity index (χ0n) is 7.67. The van der Waals surface area contributed by atoms with Crippen molar-refractivity contribution in [2.45, 2.75) is 18.3 Å². The lowest BCUT2D eigenvalue weighted by Gasteiger charge is -1.96. The summed E-state index contributed by atoms with van der Waals surface area (Å²) >= 11 is 0. The van der Waals surface area contributed by atoms with Crippen LogP contribution in [0.3, 0.4) is 0 Å². The first-order valence-corrected chi connectivity index (χ1v) is 4.55. The van der Waals surface area contributed by atoms with Crippen LogP contribution in [0, 0.1) is 0 Å². The molecule has 0 aromatic carbocycles. The van der Waals surface area contributed by atoms with Gasteiger partial charge in [-0.25, -0.2) is 13.8 Å². The molecule has 2 aromatic heterocycles. The van der Waals surface area contributed by atoms with E-state index in [4.69, 9.17) is 5.73 Å². The minimum absolute atomic E-state index is 0.126. The number of nitrogens with one attached hydrogen (secondary N) is 1. The fourth-order valence-corrected chi connectivity index (χ4v) is 1.73. The third-order valence-corrected chi connectivity index (χ3v) is 2.63. The van der Waals surface area contributed by atoms with Crippen LogP contribution in [-0.4, -0.2) is 21.1 Å². The van der Waals surface area contributed by atoms with Gasteiger partial charge in [-0.2, -0.15) is 5.10 Å². The lowest BCUT2D eigenvalue weighted by molar-refractivity contribution is 0.111. The Balaban J connectivity index is 2.16. The Kier molecular flexibility index (Phi) is 1.40. The third-order valence-electron chi connectivity index (χ3n) is 2.63. The molecule has 0 aliphatic heterocycles. The lowest BCUT2D eigenvalue weighted by atomic mass is 10.2. The highest BCUT2D eigenvalue weighted by Gasteiger charge is 2.59. The van der Waals surface area contributed by atoms with Gasteiger partial charge in [0.15, 0.2) is 5.65 Å². The number of nitrogens with two attached hydrogens (primary N) is 1. The van der Waals surface area contributed by atoms with Crippen molar-refractivity contribution < 1.29 is 8.78 Å². The minimum atomic E-state index is -2.61. The van der Waals surface area contributed by atoms with Crippen LogP contribution in [-0.2, 0) is 0 Å². The zero-order valence-corrected chi connectivity index (χ0v) is 7.67. The molecule has 0 saturated heterocycles. The highest BCUT2D eigenvalue weighted by molar-refractivity contribution is 5.81. The highest BCUT2D eigenvalue weighted by atomic mass is 19.3. The molecule has 2 heterocycles. The molecule has 78 valence electrons. The van der Waals surface area contributed by atoms with E-state index in [9.17, 15) is 8.78 Å². The fraction of sp³-hybridized carbons (Fsp3) is 0.333. The van der Waals surface area contributed by atoms with Crippen LogP contribution in [0.25, 0.3) is 11.0 Å². The number of anilines is 1. The van der Waals surface area contributed by atoms with Gasteiger partial charge in [0.05, 0.1) is 23.5 Å². The molecule has 1 aliphatic rings. The van der Waals surface area contributed by atoms with Gasteiger partial charge in [0.1, 0.15) is 0 Å². The molecule has 0 unspecified atom stereocenters. The number of aromatic nitrogens is 3. The van der Waals surface area contributed by atoms with Gasteiger partial charge in [-0.15, -0.1) is 0 Å². The maximum absolute atomic E-state index is 12.9. The Bertz CT molecular complexity index is 534. The van der Waals surface area contributed by atoms with Crippen molar-refractivity contribution in [2.75, 3.05) is 5.73 Å². The summed E-state index contributed by atoms with van der Waals surface area (Å²) in [4.78, 5) is 3.95. The topological polar surface area (TPSA) is 67.6 Å². The van der Waals surface area contributed by atoms with Crippen LogP contribution in [0.1, 0.15) is 18.0 Å². The lowest BCUT2D eigenvalue weighted by Crippen LogP contribution is -1.94. The third kappa shape index (κ3) is 1.17. The predicted octanol–water partition coefficient (Wildman–Crippen LogP) is 1.66. The molecule has 3 rings (SSSR count). The molecule has 1 aliphatic carbocycles. The Morgan fingerprint density at radius 3 is 2.93 bits per heavy atom. The number of pyridine rings is 1. The maximum Gasteiger partial charge on any atom is 0.257 e. The Hall–Kier alpha value is -1.72. The first-order valence-electron chi connectivity index (χ1n) is 4.55. The van der Waals surface area contributed by atoms with Gasteiger partial charge in [-0.1, -0.05) is 0 Å². The average molecular weight is 210 g/mol. The molecule has 0 bridgehead atoms. The summed E-state index contributed by atoms with van der Waals surface area (Å²) < 4.78 is 25.8. The van der Waals surface area contributed by atoms with Crippen molar-refractivity contribution in [2.24, 2.45) is 0 Å². The summed E-state index contributed by atoms with van der Waals surface area (Å²) in [6.07, 6.45) is 1.33. The standard InChI is InChI=1S/C9H8F2N4/c10-9(11)2-6(9)7-5-1-4(12)3-13-8(5)15-14-7/h1,3,6H,2,12H2,(H,13,14,15)/t6-/m0/s1. The van der Waals surface area contributed by atoms with E-state index in [0.717, 1.165) is 0 Å². The van der Waals surface area contributed by atoms with Crippen LogP contribution in [0.15, 0.2) is 12.3 Å². The van der Waals surface area contributed by atoms with Crippen LogP contribution in [0.5, 0.6) is 0 Å². The molecule has 4 nitrogen and oxygen atoms in total. The number of H-pyrrole nitrogens is 1. The molecule has 1 atom stereocenters. The number of rotatable bonds is 1. The van der Waals surface area contributed by atoms with Crippen molar-refractivity contribution in [3.8, 4) is 0 Å². The van der Waals surface area contributed by atoms with E-state index < -0.39 is 11.8 Å². The molecule has 6 heteroatoms. The van der Waals surface area contributed by atoms with Gasteiger partial charge < -0.3 is 5.73 Å². The normalized spacial score (nSPS) is 23.2. The largest absolute Gasteiger partial charge is 0.397 e. The van der Waals surface area contributed by atoms with Gasteiger partial charge in [-0.05, 0) is 6.07 Å². The second-order valence-corrected chi connectivity index (χ2v) is 3.79.